The van der Waals surface area contributed by atoms with Gasteiger partial charge in [-0.05, 0) is 35.6 Å². The lowest BCUT2D eigenvalue weighted by atomic mass is 9.94. The molecule has 0 saturated heterocycles. The molecule has 0 saturated carbocycles. The summed E-state index contributed by atoms with van der Waals surface area (Å²) in [6.07, 6.45) is 0. The molecule has 0 radical (unpaired) electrons. The van der Waals surface area contributed by atoms with E-state index in [4.69, 9.17) is 4.74 Å². The van der Waals surface area contributed by atoms with E-state index in [-0.39, 0.29) is 0 Å². The van der Waals surface area contributed by atoms with Gasteiger partial charge < -0.3 is 4.74 Å². The summed E-state index contributed by atoms with van der Waals surface area (Å²) in [5, 5.41) is 0. The summed E-state index contributed by atoms with van der Waals surface area (Å²) in [7, 11) is 1.72. The molecule has 2 rings (SSSR count). The van der Waals surface area contributed by atoms with Crippen LogP contribution in [0.1, 0.15) is 30.9 Å². The van der Waals surface area contributed by atoms with Crippen LogP contribution in [-0.2, 0) is 0 Å². The van der Waals surface area contributed by atoms with Crippen LogP contribution >= 0.6 is 0 Å². The van der Waals surface area contributed by atoms with Gasteiger partial charge in [0.05, 0.1) is 7.11 Å². The minimum absolute atomic E-state index is 0.566. The highest BCUT2D eigenvalue weighted by molar-refractivity contribution is 5.71. The van der Waals surface area contributed by atoms with E-state index in [1.807, 2.05) is 18.2 Å². The molecule has 94 valence electrons. The number of para-hydroxylation sites is 1. The molecule has 0 unspecified atom stereocenters. The van der Waals surface area contributed by atoms with Gasteiger partial charge in [-0.3, -0.25) is 0 Å². The summed E-state index contributed by atoms with van der Waals surface area (Å²) in [4.78, 5) is 0. The first-order valence-corrected chi connectivity index (χ1v) is 6.37. The van der Waals surface area contributed by atoms with Gasteiger partial charge in [0.1, 0.15) is 5.75 Å². The Bertz CT molecular complexity index is 541. The Morgan fingerprint density at radius 1 is 1.00 bits per heavy atom. The smallest absolute Gasteiger partial charge is 0.126 e. The predicted molar refractivity (Wildman–Crippen MR) is 77.3 cm³/mol. The first-order valence-electron chi connectivity index (χ1n) is 6.37. The van der Waals surface area contributed by atoms with Crippen molar-refractivity contribution in [2.75, 3.05) is 7.11 Å². The zero-order chi connectivity index (χ0) is 13.1. The zero-order valence-electron chi connectivity index (χ0n) is 11.5. The molecular weight excluding hydrogens is 220 g/mol. The van der Waals surface area contributed by atoms with Crippen molar-refractivity contribution < 1.29 is 4.74 Å². The Balaban J connectivity index is 2.49. The van der Waals surface area contributed by atoms with Gasteiger partial charge in [-0.1, -0.05) is 50.2 Å². The summed E-state index contributed by atoms with van der Waals surface area (Å²) in [5.41, 5.74) is 5.12. The fraction of sp³-hybridized carbons (Fsp3) is 0.294. The quantitative estimate of drug-likeness (QED) is 0.749. The normalized spacial score (nSPS) is 10.7. The average Bonchev–Trinajstić information content (AvgIpc) is 2.38. The van der Waals surface area contributed by atoms with Crippen LogP contribution in [-0.4, -0.2) is 7.11 Å². The van der Waals surface area contributed by atoms with Crippen LogP contribution in [0.5, 0.6) is 5.75 Å². The SMILES string of the molecule is COc1ccccc1-c1ccc(C(C)C)c(C)c1. The van der Waals surface area contributed by atoms with Crippen molar-refractivity contribution in [3.05, 3.63) is 53.6 Å². The summed E-state index contributed by atoms with van der Waals surface area (Å²) >= 11 is 0. The van der Waals surface area contributed by atoms with Gasteiger partial charge in [0.15, 0.2) is 0 Å². The summed E-state index contributed by atoms with van der Waals surface area (Å²) < 4.78 is 5.42. The van der Waals surface area contributed by atoms with E-state index >= 15 is 0 Å². The minimum atomic E-state index is 0.566. The van der Waals surface area contributed by atoms with Crippen molar-refractivity contribution >= 4 is 0 Å². The van der Waals surface area contributed by atoms with E-state index < -0.39 is 0 Å². The molecule has 0 fully saturated rings. The molecule has 0 bridgehead atoms. The van der Waals surface area contributed by atoms with Crippen molar-refractivity contribution in [2.24, 2.45) is 0 Å². The molecule has 0 aromatic heterocycles. The molecule has 0 heterocycles. The van der Waals surface area contributed by atoms with Crippen molar-refractivity contribution in [2.45, 2.75) is 26.7 Å². The zero-order valence-corrected chi connectivity index (χ0v) is 11.5. The molecule has 18 heavy (non-hydrogen) atoms. The highest BCUT2D eigenvalue weighted by atomic mass is 16.5. The molecule has 0 aliphatic carbocycles. The molecule has 0 amide bonds. The Kier molecular flexibility index (Phi) is 3.71. The van der Waals surface area contributed by atoms with Crippen molar-refractivity contribution in [3.63, 3.8) is 0 Å². The third-order valence-electron chi connectivity index (χ3n) is 3.31. The molecule has 2 aromatic rings. The van der Waals surface area contributed by atoms with Crippen LogP contribution in [0.2, 0.25) is 0 Å². The summed E-state index contributed by atoms with van der Waals surface area (Å²) in [6.45, 7) is 6.63. The molecule has 1 heteroatoms. The monoisotopic (exact) mass is 240 g/mol. The summed E-state index contributed by atoms with van der Waals surface area (Å²) in [5.74, 6) is 1.49. The van der Waals surface area contributed by atoms with Crippen LogP contribution in [0.4, 0.5) is 0 Å². The molecule has 0 atom stereocenters. The number of hydrogen-bond donors (Lipinski definition) is 0. The van der Waals surface area contributed by atoms with E-state index in [9.17, 15) is 0 Å². The largest absolute Gasteiger partial charge is 0.496 e. The molecule has 0 spiro atoms. The van der Waals surface area contributed by atoms with Gasteiger partial charge in [-0.15, -0.1) is 0 Å². The maximum Gasteiger partial charge on any atom is 0.126 e. The first kappa shape index (κ1) is 12.7. The van der Waals surface area contributed by atoms with E-state index in [1.165, 1.54) is 16.7 Å². The minimum Gasteiger partial charge on any atom is -0.496 e. The maximum absolute atomic E-state index is 5.42. The number of aryl methyl sites for hydroxylation is 1. The van der Waals surface area contributed by atoms with Crippen molar-refractivity contribution in [1.82, 2.24) is 0 Å². The third-order valence-corrected chi connectivity index (χ3v) is 3.31. The Hall–Kier alpha value is -1.76. The highest BCUT2D eigenvalue weighted by Gasteiger charge is 2.08. The van der Waals surface area contributed by atoms with Crippen LogP contribution in [0.25, 0.3) is 11.1 Å². The van der Waals surface area contributed by atoms with Crippen molar-refractivity contribution in [3.8, 4) is 16.9 Å². The second-order valence-corrected chi connectivity index (χ2v) is 4.93. The fourth-order valence-corrected chi connectivity index (χ4v) is 2.37. The lowest BCUT2D eigenvalue weighted by molar-refractivity contribution is 0.416. The average molecular weight is 240 g/mol. The number of benzene rings is 2. The summed E-state index contributed by atoms with van der Waals surface area (Å²) in [6, 6.07) is 14.8. The molecular formula is C17H20O. The Morgan fingerprint density at radius 3 is 2.33 bits per heavy atom. The predicted octanol–water partition coefficient (Wildman–Crippen LogP) is 4.79. The number of hydrogen-bond acceptors (Lipinski definition) is 1. The van der Waals surface area contributed by atoms with Gasteiger partial charge in [0.2, 0.25) is 0 Å². The van der Waals surface area contributed by atoms with E-state index in [2.05, 4.69) is 45.0 Å². The number of rotatable bonds is 3. The van der Waals surface area contributed by atoms with Gasteiger partial charge in [-0.2, -0.15) is 0 Å². The van der Waals surface area contributed by atoms with Gasteiger partial charge in [-0.25, -0.2) is 0 Å². The van der Waals surface area contributed by atoms with Crippen LogP contribution in [0.3, 0.4) is 0 Å². The second-order valence-electron chi connectivity index (χ2n) is 4.93. The molecule has 0 N–H and O–H groups in total. The highest BCUT2D eigenvalue weighted by Crippen LogP contribution is 2.32. The van der Waals surface area contributed by atoms with Gasteiger partial charge >= 0.3 is 0 Å². The molecule has 2 aromatic carbocycles. The van der Waals surface area contributed by atoms with Crippen molar-refractivity contribution in [1.29, 1.82) is 0 Å². The van der Waals surface area contributed by atoms with Crippen LogP contribution in [0.15, 0.2) is 42.5 Å². The van der Waals surface area contributed by atoms with Crippen LogP contribution in [0, 0.1) is 6.92 Å². The Morgan fingerprint density at radius 2 is 1.72 bits per heavy atom. The number of methoxy groups -OCH3 is 1. The lowest BCUT2D eigenvalue weighted by Crippen LogP contribution is -1.93. The van der Waals surface area contributed by atoms with E-state index in [0.717, 1.165) is 11.3 Å². The first-order chi connectivity index (χ1) is 8.63. The number of ether oxygens (including phenoxy) is 1. The van der Waals surface area contributed by atoms with E-state index in [1.54, 1.807) is 7.11 Å². The molecule has 1 nitrogen and oxygen atoms in total. The molecule has 0 aliphatic heterocycles. The van der Waals surface area contributed by atoms with E-state index in [0.29, 0.717) is 5.92 Å². The Labute approximate surface area is 109 Å². The topological polar surface area (TPSA) is 9.23 Å². The third kappa shape index (κ3) is 2.40. The van der Waals surface area contributed by atoms with Gasteiger partial charge in [0.25, 0.3) is 0 Å². The van der Waals surface area contributed by atoms with Crippen LogP contribution < -0.4 is 4.74 Å². The van der Waals surface area contributed by atoms with Gasteiger partial charge in [0, 0.05) is 5.56 Å². The lowest BCUT2D eigenvalue weighted by Gasteiger charge is -2.13. The molecule has 0 aliphatic rings. The second kappa shape index (κ2) is 5.26. The standard InChI is InChI=1S/C17H20O/c1-12(2)15-10-9-14(11-13(15)3)16-7-5-6-8-17(16)18-4/h5-12H,1-4H3. The fourth-order valence-electron chi connectivity index (χ4n) is 2.37. The maximum atomic E-state index is 5.42.